The minimum Gasteiger partial charge on any atom is -0.133 e. The Hall–Kier alpha value is -0.210. The Labute approximate surface area is 86.2 Å². The molecule has 0 fully saturated rings. The molecule has 1 rings (SSSR count). The van der Waals surface area contributed by atoms with Gasteiger partial charge in [0.2, 0.25) is 0 Å². The van der Waals surface area contributed by atoms with E-state index in [1.54, 1.807) is 11.8 Å². The maximum absolute atomic E-state index is 3.44. The van der Waals surface area contributed by atoms with Crippen LogP contribution in [-0.2, 0) is 0 Å². The monoisotopic (exact) mass is 242 g/mol. The van der Waals surface area contributed by atoms with Crippen LogP contribution in [0.5, 0.6) is 0 Å². The zero-order chi connectivity index (χ0) is 8.81. The summed E-state index contributed by atoms with van der Waals surface area (Å²) in [5.41, 5.74) is 1.27. The predicted molar refractivity (Wildman–Crippen MR) is 61.7 cm³/mol. The van der Waals surface area contributed by atoms with Gasteiger partial charge in [0.1, 0.15) is 0 Å². The molecule has 12 heavy (non-hydrogen) atoms. The highest BCUT2D eigenvalue weighted by Crippen LogP contribution is 2.17. The highest BCUT2D eigenvalue weighted by atomic mass is 79.9. The van der Waals surface area contributed by atoms with Crippen molar-refractivity contribution < 1.29 is 0 Å². The lowest BCUT2D eigenvalue weighted by Gasteiger charge is -1.98. The van der Waals surface area contributed by atoms with E-state index in [-0.39, 0.29) is 0 Å². The molecule has 0 aromatic heterocycles. The van der Waals surface area contributed by atoms with E-state index in [2.05, 4.69) is 52.5 Å². The molecule has 1 aromatic rings. The van der Waals surface area contributed by atoms with Gasteiger partial charge in [0, 0.05) is 5.33 Å². The first-order chi connectivity index (χ1) is 5.86. The van der Waals surface area contributed by atoms with Crippen molar-refractivity contribution in [3.05, 3.63) is 40.8 Å². The summed E-state index contributed by atoms with van der Waals surface area (Å²) in [6.07, 6.45) is 4.29. The Bertz CT molecular complexity index is 248. The zero-order valence-corrected chi connectivity index (χ0v) is 9.36. The van der Waals surface area contributed by atoms with Gasteiger partial charge in [-0.2, -0.15) is 0 Å². The quantitative estimate of drug-likeness (QED) is 0.728. The molecule has 1 aromatic carbocycles. The van der Waals surface area contributed by atoms with Gasteiger partial charge in [-0.1, -0.05) is 46.3 Å². The second kappa shape index (κ2) is 5.44. The van der Waals surface area contributed by atoms with Crippen molar-refractivity contribution in [2.24, 2.45) is 0 Å². The lowest BCUT2D eigenvalue weighted by Crippen LogP contribution is -1.77. The third-order valence-electron chi connectivity index (χ3n) is 1.52. The normalized spacial score (nSPS) is 11.7. The van der Waals surface area contributed by atoms with Crippen LogP contribution in [0.3, 0.4) is 0 Å². The van der Waals surface area contributed by atoms with Crippen molar-refractivity contribution in [2.75, 3.05) is 11.6 Å². The van der Waals surface area contributed by atoms with E-state index in [1.807, 2.05) is 6.07 Å². The van der Waals surface area contributed by atoms with Crippen molar-refractivity contribution in [1.82, 2.24) is 0 Å². The van der Waals surface area contributed by atoms with E-state index in [0.29, 0.717) is 0 Å². The zero-order valence-electron chi connectivity index (χ0n) is 6.96. The molecule has 0 radical (unpaired) electrons. The number of rotatable bonds is 3. The summed E-state index contributed by atoms with van der Waals surface area (Å²) in [5, 5.41) is 0.934. The van der Waals surface area contributed by atoms with E-state index in [0.717, 1.165) is 5.33 Å². The summed E-state index contributed by atoms with van der Waals surface area (Å²) >= 11 is 5.22. The Balaban J connectivity index is 2.79. The van der Waals surface area contributed by atoms with Crippen LogP contribution in [0.2, 0.25) is 0 Å². The third-order valence-corrected chi connectivity index (χ3v) is 3.28. The molecular formula is C10H11BrS. The fourth-order valence-electron chi connectivity index (χ4n) is 0.887. The van der Waals surface area contributed by atoms with Crippen molar-refractivity contribution in [3.63, 3.8) is 0 Å². The summed E-state index contributed by atoms with van der Waals surface area (Å²) in [4.78, 5) is 1.35. The van der Waals surface area contributed by atoms with Gasteiger partial charge in [0.15, 0.2) is 0 Å². The fraction of sp³-hybridized carbons (Fsp3) is 0.200. The highest BCUT2D eigenvalue weighted by Gasteiger charge is 1.91. The average Bonchev–Trinajstić information content (AvgIpc) is 2.16. The first kappa shape index (κ1) is 9.87. The summed E-state index contributed by atoms with van der Waals surface area (Å²) in [6, 6.07) is 10.4. The van der Waals surface area contributed by atoms with Crippen molar-refractivity contribution in [2.45, 2.75) is 0 Å². The molecule has 64 valence electrons. The number of thioether (sulfide) groups is 1. The van der Waals surface area contributed by atoms with Crippen molar-refractivity contribution in [3.8, 4) is 0 Å². The predicted octanol–water partition coefficient (Wildman–Crippen LogP) is 3.79. The summed E-state index contributed by atoms with van der Waals surface area (Å²) in [5.74, 6) is 0. The average molecular weight is 243 g/mol. The summed E-state index contributed by atoms with van der Waals surface area (Å²) in [7, 11) is 0. The molecular weight excluding hydrogens is 232 g/mol. The molecule has 0 saturated carbocycles. The van der Waals surface area contributed by atoms with Gasteiger partial charge < -0.3 is 0 Å². The number of allylic oxidation sites excluding steroid dienone is 1. The molecule has 0 spiro atoms. The van der Waals surface area contributed by atoms with Gasteiger partial charge in [-0.15, -0.1) is 11.8 Å². The van der Waals surface area contributed by atoms with E-state index in [1.165, 1.54) is 10.5 Å². The van der Waals surface area contributed by atoms with Crippen LogP contribution in [0.25, 0.3) is 6.08 Å². The molecule has 0 N–H and O–H groups in total. The lowest BCUT2D eigenvalue weighted by atomic mass is 10.2. The number of hydrogen-bond donors (Lipinski definition) is 0. The van der Waals surface area contributed by atoms with Gasteiger partial charge >= 0.3 is 0 Å². The van der Waals surface area contributed by atoms with E-state index >= 15 is 0 Å². The maximum atomic E-state index is 3.44. The number of halogens is 1. The molecule has 0 bridgehead atoms. The molecule has 2 heteroatoms. The highest BCUT2D eigenvalue weighted by molar-refractivity contribution is 9.09. The van der Waals surface area contributed by atoms with E-state index in [4.69, 9.17) is 0 Å². The van der Waals surface area contributed by atoms with Crippen LogP contribution in [0.15, 0.2) is 35.2 Å². The smallest absolute Gasteiger partial charge is 0.0343 e. The molecule has 0 heterocycles. The van der Waals surface area contributed by atoms with E-state index in [9.17, 15) is 0 Å². The minimum absolute atomic E-state index is 0.934. The van der Waals surface area contributed by atoms with Crippen LogP contribution < -0.4 is 0 Å². The van der Waals surface area contributed by atoms with Crippen molar-refractivity contribution >= 4 is 33.8 Å². The number of alkyl halides is 1. The second-order valence-electron chi connectivity index (χ2n) is 2.36. The maximum Gasteiger partial charge on any atom is 0.0343 e. The second-order valence-corrected chi connectivity index (χ2v) is 3.85. The third kappa shape index (κ3) is 3.03. The summed E-state index contributed by atoms with van der Waals surface area (Å²) < 4.78 is 0. The lowest BCUT2D eigenvalue weighted by molar-refractivity contribution is 1.64. The Morgan fingerprint density at radius 2 is 2.08 bits per heavy atom. The Kier molecular flexibility index (Phi) is 4.48. The molecule has 0 aliphatic rings. The van der Waals surface area contributed by atoms with Crippen LogP contribution in [-0.4, -0.2) is 11.6 Å². The SMILES string of the molecule is CS/C(=C/c1ccccc1)CBr. The number of benzene rings is 1. The molecule has 0 aliphatic heterocycles. The Morgan fingerprint density at radius 3 is 2.58 bits per heavy atom. The van der Waals surface area contributed by atoms with Gasteiger partial charge in [0.05, 0.1) is 0 Å². The largest absolute Gasteiger partial charge is 0.133 e. The van der Waals surface area contributed by atoms with Crippen LogP contribution in [0.1, 0.15) is 5.56 Å². The van der Waals surface area contributed by atoms with Crippen LogP contribution >= 0.6 is 27.7 Å². The molecule has 0 aliphatic carbocycles. The minimum atomic E-state index is 0.934. The molecule has 0 saturated heterocycles. The molecule has 0 atom stereocenters. The standard InChI is InChI=1S/C10H11BrS/c1-12-10(8-11)7-9-5-3-2-4-6-9/h2-7H,8H2,1H3/b10-7+. The van der Waals surface area contributed by atoms with Gasteiger partial charge in [0.25, 0.3) is 0 Å². The van der Waals surface area contributed by atoms with Crippen LogP contribution in [0.4, 0.5) is 0 Å². The van der Waals surface area contributed by atoms with Crippen molar-refractivity contribution in [1.29, 1.82) is 0 Å². The first-order valence-corrected chi connectivity index (χ1v) is 6.07. The topological polar surface area (TPSA) is 0 Å². The fourth-order valence-corrected chi connectivity index (χ4v) is 2.10. The van der Waals surface area contributed by atoms with E-state index < -0.39 is 0 Å². The van der Waals surface area contributed by atoms with Gasteiger partial charge in [-0.05, 0) is 22.8 Å². The van der Waals surface area contributed by atoms with Crippen LogP contribution in [0, 0.1) is 0 Å². The molecule has 0 amide bonds. The molecule has 0 unspecified atom stereocenters. The summed E-state index contributed by atoms with van der Waals surface area (Å²) in [6.45, 7) is 0. The molecule has 0 nitrogen and oxygen atoms in total. The first-order valence-electron chi connectivity index (χ1n) is 3.72. The van der Waals surface area contributed by atoms with Gasteiger partial charge in [-0.3, -0.25) is 0 Å². The van der Waals surface area contributed by atoms with Gasteiger partial charge in [-0.25, -0.2) is 0 Å². The number of hydrogen-bond acceptors (Lipinski definition) is 1. The Morgan fingerprint density at radius 1 is 1.42 bits per heavy atom.